The van der Waals surface area contributed by atoms with Crippen LogP contribution in [0.5, 0.6) is 0 Å². The topological polar surface area (TPSA) is 92.5 Å². The van der Waals surface area contributed by atoms with Crippen molar-refractivity contribution < 1.29 is 13.2 Å². The number of rotatable bonds is 5. The first-order chi connectivity index (χ1) is 8.34. The molecule has 1 aliphatic rings. The fourth-order valence-electron chi connectivity index (χ4n) is 2.08. The van der Waals surface area contributed by atoms with Crippen molar-refractivity contribution >= 4 is 15.9 Å². The van der Waals surface area contributed by atoms with Crippen LogP contribution in [0.4, 0.5) is 0 Å². The standard InChI is InChI=1S/C11H23N3O3S/c1-3-4-10(12)11(15)13-9-5-7-14(8-6-9)18(2,16)17/h9-10H,3-8,12H2,1-2H3,(H,13,15)/t10-/m0/s1. The molecule has 7 heteroatoms. The highest BCUT2D eigenvalue weighted by Gasteiger charge is 2.26. The summed E-state index contributed by atoms with van der Waals surface area (Å²) in [5, 5.41) is 2.89. The lowest BCUT2D eigenvalue weighted by atomic mass is 10.1. The molecule has 1 heterocycles. The van der Waals surface area contributed by atoms with Gasteiger partial charge in [-0.1, -0.05) is 13.3 Å². The number of nitrogens with one attached hydrogen (secondary N) is 1. The molecule has 6 nitrogen and oxygen atoms in total. The number of nitrogens with zero attached hydrogens (tertiary/aromatic N) is 1. The minimum Gasteiger partial charge on any atom is -0.352 e. The third-order valence-electron chi connectivity index (χ3n) is 3.21. The Kier molecular flexibility index (Phi) is 5.55. The van der Waals surface area contributed by atoms with E-state index in [0.29, 0.717) is 32.4 Å². The monoisotopic (exact) mass is 277 g/mol. The van der Waals surface area contributed by atoms with Gasteiger partial charge in [-0.2, -0.15) is 0 Å². The third kappa shape index (κ3) is 4.55. The summed E-state index contributed by atoms with van der Waals surface area (Å²) >= 11 is 0. The highest BCUT2D eigenvalue weighted by atomic mass is 32.2. The molecule has 0 radical (unpaired) electrons. The average Bonchev–Trinajstić information content (AvgIpc) is 2.28. The van der Waals surface area contributed by atoms with Gasteiger partial charge in [0.2, 0.25) is 15.9 Å². The van der Waals surface area contributed by atoms with Crippen LogP contribution in [0.25, 0.3) is 0 Å². The van der Waals surface area contributed by atoms with Gasteiger partial charge in [0.1, 0.15) is 0 Å². The zero-order valence-corrected chi connectivity index (χ0v) is 11.9. The molecule has 0 aromatic carbocycles. The molecule has 0 saturated carbocycles. The van der Waals surface area contributed by atoms with Gasteiger partial charge in [0.05, 0.1) is 12.3 Å². The second-order valence-electron chi connectivity index (χ2n) is 4.84. The van der Waals surface area contributed by atoms with Crippen LogP contribution in [0.2, 0.25) is 0 Å². The number of carbonyl (C=O) groups is 1. The first kappa shape index (κ1) is 15.4. The van der Waals surface area contributed by atoms with Crippen molar-refractivity contribution in [3.05, 3.63) is 0 Å². The average molecular weight is 277 g/mol. The third-order valence-corrected chi connectivity index (χ3v) is 4.51. The van der Waals surface area contributed by atoms with Crippen LogP contribution in [-0.2, 0) is 14.8 Å². The first-order valence-electron chi connectivity index (χ1n) is 6.35. The van der Waals surface area contributed by atoms with Crippen molar-refractivity contribution in [2.24, 2.45) is 5.73 Å². The number of carbonyl (C=O) groups excluding carboxylic acids is 1. The van der Waals surface area contributed by atoms with Gasteiger partial charge in [-0.25, -0.2) is 12.7 Å². The van der Waals surface area contributed by atoms with Crippen molar-refractivity contribution in [1.29, 1.82) is 0 Å². The molecule has 0 aliphatic carbocycles. The molecule has 1 atom stereocenters. The van der Waals surface area contributed by atoms with Crippen LogP contribution >= 0.6 is 0 Å². The fourth-order valence-corrected chi connectivity index (χ4v) is 2.96. The fraction of sp³-hybridized carbons (Fsp3) is 0.909. The van der Waals surface area contributed by atoms with E-state index in [2.05, 4.69) is 5.32 Å². The van der Waals surface area contributed by atoms with Crippen LogP contribution in [0.1, 0.15) is 32.6 Å². The molecular weight excluding hydrogens is 254 g/mol. The molecular formula is C11H23N3O3S. The number of amides is 1. The SMILES string of the molecule is CCC[C@H](N)C(=O)NC1CCN(S(C)(=O)=O)CC1. The lowest BCUT2D eigenvalue weighted by Gasteiger charge is -2.31. The van der Waals surface area contributed by atoms with Crippen molar-refractivity contribution in [3.63, 3.8) is 0 Å². The molecule has 1 amide bonds. The van der Waals surface area contributed by atoms with Crippen LogP contribution in [0, 0.1) is 0 Å². The molecule has 0 aromatic heterocycles. The highest BCUT2D eigenvalue weighted by Crippen LogP contribution is 2.13. The van der Waals surface area contributed by atoms with E-state index in [-0.39, 0.29) is 11.9 Å². The Bertz CT molecular complexity index is 375. The summed E-state index contributed by atoms with van der Waals surface area (Å²) in [4.78, 5) is 11.7. The van der Waals surface area contributed by atoms with E-state index < -0.39 is 16.1 Å². The minimum atomic E-state index is -3.11. The van der Waals surface area contributed by atoms with Gasteiger partial charge >= 0.3 is 0 Å². The number of piperidine rings is 1. The van der Waals surface area contributed by atoms with Crippen molar-refractivity contribution in [2.75, 3.05) is 19.3 Å². The van der Waals surface area contributed by atoms with Gasteiger partial charge in [-0.05, 0) is 19.3 Å². The largest absolute Gasteiger partial charge is 0.352 e. The van der Waals surface area contributed by atoms with Gasteiger partial charge in [0.25, 0.3) is 0 Å². The summed E-state index contributed by atoms with van der Waals surface area (Å²) in [6, 6.07) is -0.415. The van der Waals surface area contributed by atoms with Gasteiger partial charge in [0.15, 0.2) is 0 Å². The van der Waals surface area contributed by atoms with E-state index in [9.17, 15) is 13.2 Å². The molecule has 0 bridgehead atoms. The van der Waals surface area contributed by atoms with Gasteiger partial charge in [-0.15, -0.1) is 0 Å². The van der Waals surface area contributed by atoms with Crippen molar-refractivity contribution in [2.45, 2.75) is 44.7 Å². The first-order valence-corrected chi connectivity index (χ1v) is 8.20. The zero-order chi connectivity index (χ0) is 13.8. The van der Waals surface area contributed by atoms with Crippen molar-refractivity contribution in [1.82, 2.24) is 9.62 Å². The van der Waals surface area contributed by atoms with Crippen LogP contribution in [0.3, 0.4) is 0 Å². The van der Waals surface area contributed by atoms with Crippen molar-refractivity contribution in [3.8, 4) is 0 Å². The maximum atomic E-state index is 11.7. The lowest BCUT2D eigenvalue weighted by molar-refractivity contribution is -0.123. The highest BCUT2D eigenvalue weighted by molar-refractivity contribution is 7.88. The van der Waals surface area contributed by atoms with E-state index in [1.165, 1.54) is 10.6 Å². The Morgan fingerprint density at radius 3 is 2.44 bits per heavy atom. The van der Waals surface area contributed by atoms with Crippen LogP contribution < -0.4 is 11.1 Å². The number of hydrogen-bond acceptors (Lipinski definition) is 4. The lowest BCUT2D eigenvalue weighted by Crippen LogP contribution is -2.50. The molecule has 0 aromatic rings. The van der Waals surface area contributed by atoms with Gasteiger partial charge in [-0.3, -0.25) is 4.79 Å². The smallest absolute Gasteiger partial charge is 0.237 e. The molecule has 18 heavy (non-hydrogen) atoms. The van der Waals surface area contributed by atoms with E-state index in [0.717, 1.165) is 6.42 Å². The molecule has 1 saturated heterocycles. The van der Waals surface area contributed by atoms with Crippen LogP contribution in [0.15, 0.2) is 0 Å². The Balaban J connectivity index is 2.38. The van der Waals surface area contributed by atoms with E-state index in [1.54, 1.807) is 0 Å². The quantitative estimate of drug-likeness (QED) is 0.718. The van der Waals surface area contributed by atoms with Gasteiger partial charge in [0, 0.05) is 19.1 Å². The normalized spacial score (nSPS) is 20.6. The Labute approximate surface area is 109 Å². The predicted octanol–water partition coefficient (Wildman–Crippen LogP) is -0.346. The summed E-state index contributed by atoms with van der Waals surface area (Å²) in [5.41, 5.74) is 5.72. The Morgan fingerprint density at radius 1 is 1.44 bits per heavy atom. The number of sulfonamides is 1. The predicted molar refractivity (Wildman–Crippen MR) is 70.5 cm³/mol. The molecule has 1 fully saturated rings. The van der Waals surface area contributed by atoms with E-state index >= 15 is 0 Å². The number of nitrogens with two attached hydrogens (primary N) is 1. The molecule has 1 rings (SSSR count). The van der Waals surface area contributed by atoms with Crippen LogP contribution in [-0.4, -0.2) is 50.1 Å². The molecule has 106 valence electrons. The maximum Gasteiger partial charge on any atom is 0.237 e. The second kappa shape index (κ2) is 6.49. The molecule has 0 unspecified atom stereocenters. The van der Waals surface area contributed by atoms with Gasteiger partial charge < -0.3 is 11.1 Å². The summed E-state index contributed by atoms with van der Waals surface area (Å²) in [7, 11) is -3.11. The maximum absolute atomic E-state index is 11.7. The van der Waals surface area contributed by atoms with E-state index in [1.807, 2.05) is 6.92 Å². The summed E-state index contributed by atoms with van der Waals surface area (Å²) < 4.78 is 24.1. The summed E-state index contributed by atoms with van der Waals surface area (Å²) in [6.07, 6.45) is 4.06. The second-order valence-corrected chi connectivity index (χ2v) is 6.82. The molecule has 1 aliphatic heterocycles. The zero-order valence-electron chi connectivity index (χ0n) is 11.1. The number of hydrogen-bond donors (Lipinski definition) is 2. The molecule has 3 N–H and O–H groups in total. The van der Waals surface area contributed by atoms with E-state index in [4.69, 9.17) is 5.73 Å². The molecule has 0 spiro atoms. The summed E-state index contributed by atoms with van der Waals surface area (Å²) in [5.74, 6) is -0.130. The Hall–Kier alpha value is -0.660. The summed E-state index contributed by atoms with van der Waals surface area (Å²) in [6.45, 7) is 2.91. The Morgan fingerprint density at radius 2 is 2.00 bits per heavy atom. The minimum absolute atomic E-state index is 0.0402.